The molecule has 6 heteroatoms. The third-order valence-corrected chi connectivity index (χ3v) is 4.26. The lowest BCUT2D eigenvalue weighted by Crippen LogP contribution is -2.34. The molecule has 6 nitrogen and oxygen atoms in total. The SMILES string of the molecule is Cc1cccc(CC(CNC(=O)Cc2ccc3c(c2)OCO3)C(=O)O)c1. The molecule has 0 fully saturated rings. The summed E-state index contributed by atoms with van der Waals surface area (Å²) >= 11 is 0. The number of carbonyl (C=O) groups excluding carboxylic acids is 1. The van der Waals surface area contributed by atoms with Crippen molar-refractivity contribution in [2.24, 2.45) is 5.92 Å². The standard InChI is InChI=1S/C20H21NO5/c1-13-3-2-4-14(7-13)8-16(20(23)24)11-21-19(22)10-15-5-6-17-18(9-15)26-12-25-17/h2-7,9,16H,8,10-12H2,1H3,(H,21,22)(H,23,24). The summed E-state index contributed by atoms with van der Waals surface area (Å²) in [5.41, 5.74) is 2.82. The summed E-state index contributed by atoms with van der Waals surface area (Å²) < 4.78 is 10.5. The average Bonchev–Trinajstić information content (AvgIpc) is 3.06. The zero-order valence-corrected chi connectivity index (χ0v) is 14.5. The molecule has 0 aromatic heterocycles. The summed E-state index contributed by atoms with van der Waals surface area (Å²) in [7, 11) is 0. The number of fused-ring (bicyclic) bond motifs is 1. The van der Waals surface area contributed by atoms with Crippen LogP contribution in [0.25, 0.3) is 0 Å². The molecule has 1 unspecified atom stereocenters. The fourth-order valence-electron chi connectivity index (χ4n) is 2.91. The van der Waals surface area contributed by atoms with Crippen LogP contribution in [0.2, 0.25) is 0 Å². The first-order valence-corrected chi connectivity index (χ1v) is 8.45. The van der Waals surface area contributed by atoms with Crippen LogP contribution in [0.3, 0.4) is 0 Å². The molecule has 136 valence electrons. The van der Waals surface area contributed by atoms with Gasteiger partial charge in [0.2, 0.25) is 12.7 Å². The number of aliphatic carboxylic acids is 1. The largest absolute Gasteiger partial charge is 0.481 e. The maximum absolute atomic E-state index is 12.2. The van der Waals surface area contributed by atoms with Gasteiger partial charge in [-0.1, -0.05) is 35.9 Å². The number of ether oxygens (including phenoxy) is 2. The van der Waals surface area contributed by atoms with Crippen LogP contribution in [0.1, 0.15) is 16.7 Å². The highest BCUT2D eigenvalue weighted by Gasteiger charge is 2.20. The van der Waals surface area contributed by atoms with Gasteiger partial charge in [0, 0.05) is 6.54 Å². The van der Waals surface area contributed by atoms with Crippen LogP contribution in [0.15, 0.2) is 42.5 Å². The fraction of sp³-hybridized carbons (Fsp3) is 0.300. The smallest absolute Gasteiger partial charge is 0.308 e. The van der Waals surface area contributed by atoms with Crippen molar-refractivity contribution < 1.29 is 24.2 Å². The molecule has 0 bridgehead atoms. The Morgan fingerprint density at radius 1 is 1.12 bits per heavy atom. The van der Waals surface area contributed by atoms with Crippen LogP contribution in [-0.4, -0.2) is 30.3 Å². The summed E-state index contributed by atoms with van der Waals surface area (Å²) in [6, 6.07) is 13.1. The first-order chi connectivity index (χ1) is 12.5. The van der Waals surface area contributed by atoms with Crippen LogP contribution in [0, 0.1) is 12.8 Å². The van der Waals surface area contributed by atoms with Gasteiger partial charge in [0.05, 0.1) is 12.3 Å². The van der Waals surface area contributed by atoms with E-state index in [1.54, 1.807) is 18.2 Å². The highest BCUT2D eigenvalue weighted by atomic mass is 16.7. The zero-order chi connectivity index (χ0) is 18.5. The van der Waals surface area contributed by atoms with Crippen molar-refractivity contribution in [3.63, 3.8) is 0 Å². The summed E-state index contributed by atoms with van der Waals surface area (Å²) in [6.45, 7) is 2.24. The third-order valence-electron chi connectivity index (χ3n) is 4.26. The second-order valence-electron chi connectivity index (χ2n) is 6.40. The molecule has 1 aliphatic heterocycles. The van der Waals surface area contributed by atoms with Crippen LogP contribution in [-0.2, 0) is 22.4 Å². The molecule has 0 radical (unpaired) electrons. The molecule has 0 spiro atoms. The van der Waals surface area contributed by atoms with Crippen molar-refractivity contribution in [3.8, 4) is 11.5 Å². The molecule has 2 aromatic rings. The average molecular weight is 355 g/mol. The number of hydrogen-bond donors (Lipinski definition) is 2. The quantitative estimate of drug-likeness (QED) is 0.796. The predicted octanol–water partition coefficient (Wildman–Crippen LogP) is 2.33. The van der Waals surface area contributed by atoms with Gasteiger partial charge in [-0.2, -0.15) is 0 Å². The third kappa shape index (κ3) is 4.53. The molecule has 2 N–H and O–H groups in total. The molecule has 0 aliphatic carbocycles. The van der Waals surface area contributed by atoms with Crippen molar-refractivity contribution in [2.75, 3.05) is 13.3 Å². The van der Waals surface area contributed by atoms with Gasteiger partial charge in [0.1, 0.15) is 0 Å². The Labute approximate surface area is 151 Å². The minimum Gasteiger partial charge on any atom is -0.481 e. The lowest BCUT2D eigenvalue weighted by atomic mass is 9.98. The Bertz CT molecular complexity index is 818. The Balaban J connectivity index is 1.55. The number of aryl methyl sites for hydroxylation is 1. The number of carboxylic acid groups (broad SMARTS) is 1. The van der Waals surface area contributed by atoms with Gasteiger partial charge in [-0.25, -0.2) is 0 Å². The topological polar surface area (TPSA) is 84.9 Å². The molecule has 1 heterocycles. The fourth-order valence-corrected chi connectivity index (χ4v) is 2.91. The van der Waals surface area contributed by atoms with Crippen molar-refractivity contribution >= 4 is 11.9 Å². The van der Waals surface area contributed by atoms with Crippen molar-refractivity contribution in [3.05, 3.63) is 59.2 Å². The van der Waals surface area contributed by atoms with E-state index in [0.29, 0.717) is 17.9 Å². The molecule has 26 heavy (non-hydrogen) atoms. The van der Waals surface area contributed by atoms with Gasteiger partial charge in [-0.3, -0.25) is 9.59 Å². The van der Waals surface area contributed by atoms with Crippen LogP contribution in [0.5, 0.6) is 11.5 Å². The molecule has 0 saturated carbocycles. The molecule has 1 amide bonds. The predicted molar refractivity (Wildman–Crippen MR) is 95.3 cm³/mol. The first-order valence-electron chi connectivity index (χ1n) is 8.45. The van der Waals surface area contributed by atoms with Gasteiger partial charge in [0.25, 0.3) is 0 Å². The van der Waals surface area contributed by atoms with E-state index in [0.717, 1.165) is 16.7 Å². The first kappa shape index (κ1) is 17.8. The summed E-state index contributed by atoms with van der Waals surface area (Å²) in [5.74, 6) is -0.525. The van der Waals surface area contributed by atoms with E-state index >= 15 is 0 Å². The van der Waals surface area contributed by atoms with Crippen molar-refractivity contribution in [2.45, 2.75) is 19.8 Å². The van der Waals surface area contributed by atoms with Crippen LogP contribution < -0.4 is 14.8 Å². The summed E-state index contributed by atoms with van der Waals surface area (Å²) in [6.07, 6.45) is 0.536. The number of nitrogens with one attached hydrogen (secondary N) is 1. The number of rotatable bonds is 7. The maximum Gasteiger partial charge on any atom is 0.308 e. The molecule has 1 aliphatic rings. The number of amides is 1. The second-order valence-corrected chi connectivity index (χ2v) is 6.40. The Morgan fingerprint density at radius 2 is 1.92 bits per heavy atom. The van der Waals surface area contributed by atoms with Crippen molar-refractivity contribution in [1.82, 2.24) is 5.32 Å². The van der Waals surface area contributed by atoms with E-state index < -0.39 is 11.9 Å². The van der Waals surface area contributed by atoms with Gasteiger partial charge < -0.3 is 19.9 Å². The highest BCUT2D eigenvalue weighted by molar-refractivity contribution is 5.80. The van der Waals surface area contributed by atoms with Gasteiger partial charge in [-0.15, -0.1) is 0 Å². The molecule has 0 saturated heterocycles. The van der Waals surface area contributed by atoms with E-state index in [1.807, 2.05) is 31.2 Å². The van der Waals surface area contributed by atoms with E-state index in [-0.39, 0.29) is 25.7 Å². The second kappa shape index (κ2) is 7.91. The van der Waals surface area contributed by atoms with Crippen LogP contribution >= 0.6 is 0 Å². The number of carbonyl (C=O) groups is 2. The van der Waals surface area contributed by atoms with E-state index in [1.165, 1.54) is 0 Å². The molecule has 1 atom stereocenters. The number of benzene rings is 2. The lowest BCUT2D eigenvalue weighted by Gasteiger charge is -2.14. The number of hydrogen-bond acceptors (Lipinski definition) is 4. The van der Waals surface area contributed by atoms with Gasteiger partial charge in [0.15, 0.2) is 11.5 Å². The molecule has 2 aromatic carbocycles. The van der Waals surface area contributed by atoms with E-state index in [9.17, 15) is 14.7 Å². The summed E-state index contributed by atoms with van der Waals surface area (Å²) in [5, 5.41) is 12.2. The maximum atomic E-state index is 12.2. The Kier molecular flexibility index (Phi) is 5.41. The normalized spacial score (nSPS) is 13.3. The minimum absolute atomic E-state index is 0.0899. The summed E-state index contributed by atoms with van der Waals surface area (Å²) in [4.78, 5) is 23.7. The Hall–Kier alpha value is -3.02. The van der Waals surface area contributed by atoms with Gasteiger partial charge >= 0.3 is 5.97 Å². The van der Waals surface area contributed by atoms with Crippen molar-refractivity contribution in [1.29, 1.82) is 0 Å². The van der Waals surface area contributed by atoms with E-state index in [4.69, 9.17) is 9.47 Å². The Morgan fingerprint density at radius 3 is 2.69 bits per heavy atom. The van der Waals surface area contributed by atoms with E-state index in [2.05, 4.69) is 5.32 Å². The number of carboxylic acids is 1. The zero-order valence-electron chi connectivity index (χ0n) is 14.5. The molecular weight excluding hydrogens is 334 g/mol. The molecular formula is C20H21NO5. The molecule has 3 rings (SSSR count). The van der Waals surface area contributed by atoms with Crippen LogP contribution in [0.4, 0.5) is 0 Å². The highest BCUT2D eigenvalue weighted by Crippen LogP contribution is 2.32. The monoisotopic (exact) mass is 355 g/mol. The van der Waals surface area contributed by atoms with Gasteiger partial charge in [-0.05, 0) is 36.6 Å². The minimum atomic E-state index is -0.921. The lowest BCUT2D eigenvalue weighted by molar-refractivity contribution is -0.141.